The second-order valence-corrected chi connectivity index (χ2v) is 4.91. The number of rotatable bonds is 6. The maximum Gasteiger partial charge on any atom is 0.339 e. The molecule has 2 aromatic carbocycles. The molecule has 0 saturated carbocycles. The van der Waals surface area contributed by atoms with Crippen LogP contribution in [0, 0.1) is 0 Å². The molecule has 25 heavy (non-hydrogen) atoms. The van der Waals surface area contributed by atoms with E-state index in [1.165, 1.54) is 45.6 Å². The van der Waals surface area contributed by atoms with Crippen LogP contribution >= 0.6 is 0 Å². The number of carbonyl (C=O) groups is 2. The van der Waals surface area contributed by atoms with Gasteiger partial charge in [0.2, 0.25) is 5.75 Å². The van der Waals surface area contributed by atoms with Crippen LogP contribution in [0.3, 0.4) is 0 Å². The molecule has 0 atom stereocenters. The first-order valence-corrected chi connectivity index (χ1v) is 7.09. The summed E-state index contributed by atoms with van der Waals surface area (Å²) in [6.45, 7) is 0. The highest BCUT2D eigenvalue weighted by Crippen LogP contribution is 2.38. The maximum atomic E-state index is 12.4. The Morgan fingerprint density at radius 1 is 0.960 bits per heavy atom. The molecule has 0 aliphatic rings. The Kier molecular flexibility index (Phi) is 5.33. The zero-order valence-electron chi connectivity index (χ0n) is 13.8. The van der Waals surface area contributed by atoms with Gasteiger partial charge in [0.05, 0.1) is 21.3 Å². The van der Waals surface area contributed by atoms with Crippen molar-refractivity contribution in [1.82, 2.24) is 0 Å². The number of benzene rings is 2. The molecule has 8 nitrogen and oxygen atoms in total. The number of carboxylic acids is 1. The van der Waals surface area contributed by atoms with Gasteiger partial charge in [-0.25, -0.2) is 4.79 Å². The van der Waals surface area contributed by atoms with E-state index in [1.54, 1.807) is 0 Å². The number of nitrogens with one attached hydrogen (secondary N) is 1. The zero-order valence-corrected chi connectivity index (χ0v) is 13.8. The average molecular weight is 347 g/mol. The van der Waals surface area contributed by atoms with Gasteiger partial charge in [0, 0.05) is 17.3 Å². The monoisotopic (exact) mass is 347 g/mol. The molecule has 0 heterocycles. The number of hydrogen-bond donors (Lipinski definition) is 3. The first-order valence-electron chi connectivity index (χ1n) is 7.09. The largest absolute Gasteiger partial charge is 0.507 e. The highest BCUT2D eigenvalue weighted by molar-refractivity contribution is 6.05. The fourth-order valence-corrected chi connectivity index (χ4v) is 2.21. The summed E-state index contributed by atoms with van der Waals surface area (Å²) in [4.78, 5) is 23.3. The molecular weight excluding hydrogens is 330 g/mol. The number of carboxylic acid groups (broad SMARTS) is 1. The normalized spacial score (nSPS) is 10.0. The first-order chi connectivity index (χ1) is 11.9. The predicted octanol–water partition coefficient (Wildman–Crippen LogP) is 2.37. The molecule has 2 aromatic rings. The van der Waals surface area contributed by atoms with Crippen LogP contribution in [0.2, 0.25) is 0 Å². The standard InChI is InChI=1S/C17H17NO7/c1-23-13-6-9(7-14(24-2)15(13)25-3)16(20)18-10-4-5-11(17(21)22)12(19)8-10/h4-8,19H,1-3H3,(H,18,20)(H,21,22). The lowest BCUT2D eigenvalue weighted by molar-refractivity contribution is 0.0693. The van der Waals surface area contributed by atoms with Crippen molar-refractivity contribution in [2.45, 2.75) is 0 Å². The van der Waals surface area contributed by atoms with Gasteiger partial charge in [-0.05, 0) is 24.3 Å². The fraction of sp³-hybridized carbons (Fsp3) is 0.176. The lowest BCUT2D eigenvalue weighted by Gasteiger charge is -2.14. The van der Waals surface area contributed by atoms with Gasteiger partial charge in [0.1, 0.15) is 11.3 Å². The number of aromatic hydroxyl groups is 1. The minimum Gasteiger partial charge on any atom is -0.507 e. The van der Waals surface area contributed by atoms with Crippen molar-refractivity contribution in [1.29, 1.82) is 0 Å². The SMILES string of the molecule is COc1cc(C(=O)Nc2ccc(C(=O)O)c(O)c2)cc(OC)c1OC. The Balaban J connectivity index is 2.32. The number of aromatic carboxylic acids is 1. The van der Waals surface area contributed by atoms with Gasteiger partial charge in [-0.2, -0.15) is 0 Å². The molecule has 0 bridgehead atoms. The summed E-state index contributed by atoms with van der Waals surface area (Å²) in [7, 11) is 4.32. The predicted molar refractivity (Wildman–Crippen MR) is 89.1 cm³/mol. The van der Waals surface area contributed by atoms with Gasteiger partial charge in [0.15, 0.2) is 11.5 Å². The van der Waals surface area contributed by atoms with E-state index in [1.807, 2.05) is 0 Å². The van der Waals surface area contributed by atoms with Crippen molar-refractivity contribution >= 4 is 17.6 Å². The number of anilines is 1. The van der Waals surface area contributed by atoms with Gasteiger partial charge in [0.25, 0.3) is 5.91 Å². The number of phenols is 1. The molecule has 132 valence electrons. The summed E-state index contributed by atoms with van der Waals surface area (Å²) in [5.41, 5.74) is 0.211. The van der Waals surface area contributed by atoms with Crippen LogP contribution < -0.4 is 19.5 Å². The van der Waals surface area contributed by atoms with Crippen LogP contribution in [0.15, 0.2) is 30.3 Å². The fourth-order valence-electron chi connectivity index (χ4n) is 2.21. The summed E-state index contributed by atoms with van der Waals surface area (Å²) in [6.07, 6.45) is 0. The molecule has 0 radical (unpaired) electrons. The third-order valence-electron chi connectivity index (χ3n) is 3.41. The summed E-state index contributed by atoms with van der Waals surface area (Å²) >= 11 is 0. The summed E-state index contributed by atoms with van der Waals surface area (Å²) in [6, 6.07) is 6.67. The van der Waals surface area contributed by atoms with E-state index in [-0.39, 0.29) is 16.8 Å². The summed E-state index contributed by atoms with van der Waals surface area (Å²) in [5.74, 6) is -1.23. The minimum atomic E-state index is -1.26. The molecular formula is C17H17NO7. The van der Waals surface area contributed by atoms with Gasteiger partial charge < -0.3 is 29.7 Å². The van der Waals surface area contributed by atoms with Gasteiger partial charge >= 0.3 is 5.97 Å². The van der Waals surface area contributed by atoms with Gasteiger partial charge in [-0.1, -0.05) is 0 Å². The zero-order chi connectivity index (χ0) is 18.6. The minimum absolute atomic E-state index is 0.233. The van der Waals surface area contributed by atoms with E-state index < -0.39 is 17.6 Å². The van der Waals surface area contributed by atoms with E-state index in [0.717, 1.165) is 6.07 Å². The lowest BCUT2D eigenvalue weighted by atomic mass is 10.1. The van der Waals surface area contributed by atoms with Crippen molar-refractivity contribution < 1.29 is 34.0 Å². The molecule has 0 aliphatic heterocycles. The van der Waals surface area contributed by atoms with Crippen molar-refractivity contribution in [2.24, 2.45) is 0 Å². The van der Waals surface area contributed by atoms with Crippen LogP contribution in [0.25, 0.3) is 0 Å². The summed E-state index contributed by atoms with van der Waals surface area (Å²) in [5, 5.41) is 21.1. The maximum absolute atomic E-state index is 12.4. The van der Waals surface area contributed by atoms with Crippen molar-refractivity contribution in [2.75, 3.05) is 26.6 Å². The third kappa shape index (κ3) is 3.74. The number of methoxy groups -OCH3 is 3. The van der Waals surface area contributed by atoms with Crippen molar-refractivity contribution in [3.05, 3.63) is 41.5 Å². The third-order valence-corrected chi connectivity index (χ3v) is 3.41. The Morgan fingerprint density at radius 3 is 2.00 bits per heavy atom. The molecule has 3 N–H and O–H groups in total. The van der Waals surface area contributed by atoms with E-state index in [4.69, 9.17) is 19.3 Å². The Morgan fingerprint density at radius 2 is 1.56 bits per heavy atom. The smallest absolute Gasteiger partial charge is 0.339 e. The average Bonchev–Trinajstić information content (AvgIpc) is 2.59. The van der Waals surface area contributed by atoms with Crippen LogP contribution in [0.5, 0.6) is 23.0 Å². The lowest BCUT2D eigenvalue weighted by Crippen LogP contribution is -2.13. The molecule has 2 rings (SSSR count). The second-order valence-electron chi connectivity index (χ2n) is 4.91. The number of amides is 1. The Hall–Kier alpha value is -3.42. The molecule has 0 fully saturated rings. The Bertz CT molecular complexity index is 792. The quantitative estimate of drug-likeness (QED) is 0.735. The molecule has 0 spiro atoms. The summed E-state index contributed by atoms with van der Waals surface area (Å²) < 4.78 is 15.6. The van der Waals surface area contributed by atoms with E-state index in [0.29, 0.717) is 17.2 Å². The highest BCUT2D eigenvalue weighted by Gasteiger charge is 2.18. The van der Waals surface area contributed by atoms with E-state index in [2.05, 4.69) is 5.32 Å². The van der Waals surface area contributed by atoms with E-state index >= 15 is 0 Å². The topological polar surface area (TPSA) is 114 Å². The first kappa shape index (κ1) is 17.9. The number of ether oxygens (including phenoxy) is 3. The van der Waals surface area contributed by atoms with Gasteiger partial charge in [-0.15, -0.1) is 0 Å². The van der Waals surface area contributed by atoms with Crippen LogP contribution in [0.1, 0.15) is 20.7 Å². The molecule has 0 saturated heterocycles. The van der Waals surface area contributed by atoms with Crippen molar-refractivity contribution in [3.8, 4) is 23.0 Å². The highest BCUT2D eigenvalue weighted by atomic mass is 16.5. The molecule has 1 amide bonds. The van der Waals surface area contributed by atoms with Gasteiger partial charge in [-0.3, -0.25) is 4.79 Å². The Labute approximate surface area is 143 Å². The second kappa shape index (κ2) is 7.43. The number of carbonyl (C=O) groups excluding carboxylic acids is 1. The molecule has 0 unspecified atom stereocenters. The van der Waals surface area contributed by atoms with Crippen LogP contribution in [-0.4, -0.2) is 43.4 Å². The molecule has 0 aliphatic carbocycles. The molecule has 0 aromatic heterocycles. The van der Waals surface area contributed by atoms with E-state index in [9.17, 15) is 14.7 Å². The van der Waals surface area contributed by atoms with Crippen LogP contribution in [-0.2, 0) is 0 Å². The molecule has 8 heteroatoms. The number of hydrogen-bond acceptors (Lipinski definition) is 6. The van der Waals surface area contributed by atoms with Crippen LogP contribution in [0.4, 0.5) is 5.69 Å². The van der Waals surface area contributed by atoms with Crippen molar-refractivity contribution in [3.63, 3.8) is 0 Å².